The highest BCUT2D eigenvalue weighted by atomic mass is 31.1. The van der Waals surface area contributed by atoms with E-state index in [0.717, 1.165) is 86.4 Å². The Hall–Kier alpha value is -3.11. The van der Waals surface area contributed by atoms with Crippen molar-refractivity contribution in [2.24, 2.45) is 0 Å². The van der Waals surface area contributed by atoms with Gasteiger partial charge < -0.3 is 28.4 Å². The van der Waals surface area contributed by atoms with Gasteiger partial charge in [-0.1, -0.05) is 20.8 Å². The maximum Gasteiger partial charge on any atom is 0.131 e. The highest BCUT2D eigenvalue weighted by molar-refractivity contribution is 7.81. The molecule has 236 valence electrons. The van der Waals surface area contributed by atoms with Crippen molar-refractivity contribution >= 4 is 23.8 Å². The molecule has 0 spiro atoms. The smallest absolute Gasteiger partial charge is 0.131 e. The van der Waals surface area contributed by atoms with Gasteiger partial charge in [-0.25, -0.2) is 0 Å². The minimum absolute atomic E-state index is 0.520. The topological polar surface area (TPSA) is 55.4 Å². The van der Waals surface area contributed by atoms with Crippen molar-refractivity contribution in [3.63, 3.8) is 0 Å². The minimum Gasteiger partial charge on any atom is -0.493 e. The molecule has 0 aliphatic carbocycles. The van der Waals surface area contributed by atoms with E-state index in [0.29, 0.717) is 39.6 Å². The third-order valence-corrected chi connectivity index (χ3v) is 9.66. The zero-order chi connectivity index (χ0) is 31.4. The van der Waals surface area contributed by atoms with Crippen molar-refractivity contribution in [1.82, 2.24) is 0 Å². The number of rotatable bonds is 18. The lowest BCUT2D eigenvalue weighted by Crippen LogP contribution is -2.29. The van der Waals surface area contributed by atoms with Crippen molar-refractivity contribution in [3.05, 3.63) is 53.1 Å². The molecule has 0 heterocycles. The minimum atomic E-state index is -1.44. The van der Waals surface area contributed by atoms with Gasteiger partial charge in [-0.05, 0) is 114 Å². The van der Waals surface area contributed by atoms with Crippen molar-refractivity contribution in [2.75, 3.05) is 39.6 Å². The van der Waals surface area contributed by atoms with Crippen molar-refractivity contribution < 1.29 is 28.4 Å². The Kier molecular flexibility index (Phi) is 13.8. The van der Waals surface area contributed by atoms with Gasteiger partial charge in [-0.2, -0.15) is 0 Å². The number of benzene rings is 3. The summed E-state index contributed by atoms with van der Waals surface area (Å²) in [5, 5.41) is 2.90. The molecule has 0 radical (unpaired) electrons. The third kappa shape index (κ3) is 8.09. The lowest BCUT2D eigenvalue weighted by Gasteiger charge is -2.31. The normalized spacial score (nSPS) is 11.0. The average Bonchev–Trinajstić information content (AvgIpc) is 3.00. The molecule has 43 heavy (non-hydrogen) atoms. The molecule has 0 saturated carbocycles. The first kappa shape index (κ1) is 34.4. The molecule has 0 atom stereocenters. The first-order valence-corrected chi connectivity index (χ1v) is 17.4. The molecule has 0 unspecified atom stereocenters. The van der Waals surface area contributed by atoms with E-state index in [1.165, 1.54) is 0 Å². The zero-order valence-corrected chi connectivity index (χ0v) is 28.6. The summed E-state index contributed by atoms with van der Waals surface area (Å²) in [6.07, 6.45) is 2.58. The van der Waals surface area contributed by atoms with Crippen LogP contribution in [0.4, 0.5) is 0 Å². The van der Waals surface area contributed by atoms with Gasteiger partial charge in [0.15, 0.2) is 0 Å². The first-order valence-electron chi connectivity index (χ1n) is 16.0. The Morgan fingerprint density at radius 3 is 0.674 bits per heavy atom. The van der Waals surface area contributed by atoms with Gasteiger partial charge in [-0.15, -0.1) is 0 Å². The van der Waals surface area contributed by atoms with Gasteiger partial charge in [0, 0.05) is 7.92 Å². The van der Waals surface area contributed by atoms with E-state index < -0.39 is 7.92 Å². The Labute approximate surface area is 260 Å². The second-order valence-corrected chi connectivity index (χ2v) is 11.8. The highest BCUT2D eigenvalue weighted by Crippen LogP contribution is 2.51. The number of hydrogen-bond acceptors (Lipinski definition) is 6. The molecule has 0 saturated heterocycles. The van der Waals surface area contributed by atoms with E-state index in [9.17, 15) is 0 Å². The van der Waals surface area contributed by atoms with E-state index in [1.807, 2.05) is 41.5 Å². The van der Waals surface area contributed by atoms with Gasteiger partial charge >= 0.3 is 0 Å². The molecule has 0 aliphatic heterocycles. The Bertz CT molecular complexity index is 1080. The van der Waals surface area contributed by atoms with Crippen LogP contribution in [0.5, 0.6) is 34.5 Å². The molecule has 3 rings (SSSR count). The van der Waals surface area contributed by atoms with Crippen LogP contribution in [0.25, 0.3) is 0 Å². The van der Waals surface area contributed by atoms with Crippen LogP contribution in [0.1, 0.15) is 79.0 Å². The number of hydrogen-bond donors (Lipinski definition) is 0. The quantitative estimate of drug-likeness (QED) is 0.139. The summed E-state index contributed by atoms with van der Waals surface area (Å²) in [5.41, 5.74) is 3.45. The Morgan fingerprint density at radius 2 is 0.535 bits per heavy atom. The second kappa shape index (κ2) is 17.3. The summed E-state index contributed by atoms with van der Waals surface area (Å²) in [7, 11) is -1.44. The van der Waals surface area contributed by atoms with Crippen molar-refractivity contribution in [3.8, 4) is 34.5 Å². The van der Waals surface area contributed by atoms with Gasteiger partial charge in [0.05, 0.1) is 55.6 Å². The molecular formula is C36H51O6P. The fraction of sp³-hybridized carbons (Fsp3) is 0.500. The summed E-state index contributed by atoms with van der Waals surface area (Å²) in [6.45, 7) is 21.7. The highest BCUT2D eigenvalue weighted by Gasteiger charge is 2.36. The molecule has 0 aliphatic rings. The summed E-state index contributed by atoms with van der Waals surface area (Å²) < 4.78 is 38.7. The second-order valence-electron chi connectivity index (χ2n) is 9.82. The SMILES string of the molecule is CCOc1cc(CC)cc(OCC)c1P(c1c(OCC)cc(CC)cc1OCC)c1c(OCC)cc(CC)cc1OCC. The fourth-order valence-corrected chi connectivity index (χ4v) is 7.88. The molecule has 7 heteroatoms. The standard InChI is InChI=1S/C36H51O6P/c1-10-25-19-28(37-13-4)34(29(20-25)38-14-5)43(35-30(39-15-6)21-26(11-2)22-31(35)40-16-7)36-32(41-17-8)23-27(12-3)24-33(36)42-18-9/h19-24H,10-18H2,1-9H3. The van der Waals surface area contributed by atoms with E-state index in [1.54, 1.807) is 0 Å². The zero-order valence-electron chi connectivity index (χ0n) is 27.7. The summed E-state index contributed by atoms with van der Waals surface area (Å²) in [6, 6.07) is 12.9. The van der Waals surface area contributed by atoms with Crippen LogP contribution in [0.2, 0.25) is 0 Å². The van der Waals surface area contributed by atoms with Gasteiger partial charge in [0.1, 0.15) is 34.5 Å². The molecule has 0 aromatic heterocycles. The number of ether oxygens (including phenoxy) is 6. The molecule has 0 fully saturated rings. The van der Waals surface area contributed by atoms with Crippen LogP contribution in [0.15, 0.2) is 36.4 Å². The fourth-order valence-electron chi connectivity index (χ4n) is 5.11. The van der Waals surface area contributed by atoms with E-state index in [2.05, 4.69) is 57.2 Å². The van der Waals surface area contributed by atoms with Crippen LogP contribution in [-0.4, -0.2) is 39.6 Å². The largest absolute Gasteiger partial charge is 0.493 e. The van der Waals surface area contributed by atoms with Crippen LogP contribution in [0.3, 0.4) is 0 Å². The molecule has 6 nitrogen and oxygen atoms in total. The predicted octanol–water partition coefficient (Wildman–Crippen LogP) is 7.52. The average molecular weight is 611 g/mol. The molecule has 3 aromatic rings. The number of aryl methyl sites for hydroxylation is 3. The molecular weight excluding hydrogens is 559 g/mol. The van der Waals surface area contributed by atoms with Crippen LogP contribution >= 0.6 is 7.92 Å². The van der Waals surface area contributed by atoms with Crippen LogP contribution in [0, 0.1) is 0 Å². The van der Waals surface area contributed by atoms with Crippen LogP contribution < -0.4 is 44.3 Å². The third-order valence-electron chi connectivity index (χ3n) is 6.99. The molecule has 0 N–H and O–H groups in total. The summed E-state index contributed by atoms with van der Waals surface area (Å²) in [5.74, 6) is 4.78. The van der Waals surface area contributed by atoms with Crippen molar-refractivity contribution in [1.29, 1.82) is 0 Å². The maximum atomic E-state index is 6.45. The lowest BCUT2D eigenvalue weighted by molar-refractivity contribution is 0.326. The van der Waals surface area contributed by atoms with Gasteiger partial charge in [-0.3, -0.25) is 0 Å². The summed E-state index contributed by atoms with van der Waals surface area (Å²) in [4.78, 5) is 0. The molecule has 0 bridgehead atoms. The molecule has 0 amide bonds. The van der Waals surface area contributed by atoms with Gasteiger partial charge in [0.2, 0.25) is 0 Å². The first-order chi connectivity index (χ1) is 20.9. The Balaban J connectivity index is 2.66. The van der Waals surface area contributed by atoms with E-state index >= 15 is 0 Å². The summed E-state index contributed by atoms with van der Waals surface area (Å²) >= 11 is 0. The predicted molar refractivity (Wildman–Crippen MR) is 180 cm³/mol. The van der Waals surface area contributed by atoms with Crippen molar-refractivity contribution in [2.45, 2.75) is 81.6 Å². The lowest BCUT2D eigenvalue weighted by atomic mass is 10.1. The van der Waals surface area contributed by atoms with Gasteiger partial charge in [0.25, 0.3) is 0 Å². The maximum absolute atomic E-state index is 6.45. The Morgan fingerprint density at radius 1 is 0.349 bits per heavy atom. The van der Waals surface area contributed by atoms with E-state index in [-0.39, 0.29) is 0 Å². The van der Waals surface area contributed by atoms with E-state index in [4.69, 9.17) is 28.4 Å². The molecule has 3 aromatic carbocycles. The van der Waals surface area contributed by atoms with Crippen LogP contribution in [-0.2, 0) is 19.3 Å². The monoisotopic (exact) mass is 610 g/mol.